The molecule has 100 valence electrons. The molecule has 2 N–H and O–H groups in total. The molecule has 0 fully saturated rings. The van der Waals surface area contributed by atoms with Gasteiger partial charge in [-0.05, 0) is 23.8 Å². The summed E-state index contributed by atoms with van der Waals surface area (Å²) in [6.45, 7) is 1.53. The zero-order valence-corrected chi connectivity index (χ0v) is 10.6. The minimum absolute atomic E-state index is 0.00175. The number of aromatic nitrogens is 1. The van der Waals surface area contributed by atoms with E-state index in [1.54, 1.807) is 6.07 Å². The van der Waals surface area contributed by atoms with E-state index in [0.29, 0.717) is 5.56 Å². The first-order valence-corrected chi connectivity index (χ1v) is 5.99. The number of phenols is 1. The Labute approximate surface area is 114 Å². The topological polar surface area (TPSA) is 83.6 Å². The third-order valence-electron chi connectivity index (χ3n) is 3.12. The second-order valence-electron chi connectivity index (χ2n) is 4.41. The van der Waals surface area contributed by atoms with Crippen LogP contribution in [0.25, 0.3) is 22.2 Å². The number of phenolic OH excluding ortho intramolecular Hbond substituents is 1. The summed E-state index contributed by atoms with van der Waals surface area (Å²) in [4.78, 5) is 15.0. The van der Waals surface area contributed by atoms with Crippen LogP contribution in [0.1, 0.15) is 16.2 Å². The second kappa shape index (κ2) is 4.38. The summed E-state index contributed by atoms with van der Waals surface area (Å²) < 4.78 is 5.40. The van der Waals surface area contributed by atoms with E-state index < -0.39 is 5.97 Å². The molecule has 5 heteroatoms. The quantitative estimate of drug-likeness (QED) is 0.746. The number of hydrogen-bond acceptors (Lipinski definition) is 4. The van der Waals surface area contributed by atoms with Crippen LogP contribution in [0.2, 0.25) is 0 Å². The molecular weight excluding hydrogens is 258 g/mol. The van der Waals surface area contributed by atoms with Crippen LogP contribution in [-0.4, -0.2) is 21.2 Å². The van der Waals surface area contributed by atoms with Crippen molar-refractivity contribution in [1.29, 1.82) is 0 Å². The lowest BCUT2D eigenvalue weighted by Crippen LogP contribution is -1.98. The van der Waals surface area contributed by atoms with E-state index in [1.165, 1.54) is 13.0 Å². The normalized spacial score (nSPS) is 10.8. The van der Waals surface area contributed by atoms with Crippen LogP contribution in [-0.2, 0) is 0 Å². The number of rotatable bonds is 2. The molecule has 0 saturated heterocycles. The molecule has 0 saturated carbocycles. The molecule has 0 unspecified atom stereocenters. The lowest BCUT2D eigenvalue weighted by atomic mass is 10.0. The number of carboxylic acids is 1. The number of oxazole rings is 1. The molecule has 0 spiro atoms. The van der Waals surface area contributed by atoms with Crippen molar-refractivity contribution in [2.45, 2.75) is 6.92 Å². The zero-order chi connectivity index (χ0) is 14.3. The molecule has 0 aliphatic heterocycles. The third kappa shape index (κ3) is 1.80. The fourth-order valence-corrected chi connectivity index (χ4v) is 2.19. The van der Waals surface area contributed by atoms with Gasteiger partial charge in [-0.2, -0.15) is 0 Å². The van der Waals surface area contributed by atoms with Gasteiger partial charge in [0.1, 0.15) is 11.5 Å². The third-order valence-corrected chi connectivity index (χ3v) is 3.12. The van der Waals surface area contributed by atoms with Gasteiger partial charge in [0.05, 0.1) is 5.56 Å². The molecule has 1 aromatic heterocycles. The van der Waals surface area contributed by atoms with E-state index in [1.807, 2.05) is 24.3 Å². The number of benzene rings is 2. The number of hydrogen-bond donors (Lipinski definition) is 2. The van der Waals surface area contributed by atoms with Gasteiger partial charge < -0.3 is 14.6 Å². The molecule has 1 heterocycles. The number of aromatic carboxylic acids is 1. The Hall–Kier alpha value is -2.82. The molecule has 2 aromatic carbocycles. The predicted molar refractivity (Wildman–Crippen MR) is 72.8 cm³/mol. The largest absolute Gasteiger partial charge is 0.507 e. The van der Waals surface area contributed by atoms with Crippen LogP contribution in [0.4, 0.5) is 0 Å². The highest BCUT2D eigenvalue weighted by atomic mass is 16.4. The SMILES string of the molecule is Cc1oc(-c2c(O)ccc3ccccc23)nc1C(=O)O. The zero-order valence-electron chi connectivity index (χ0n) is 10.6. The Kier molecular flexibility index (Phi) is 2.68. The van der Waals surface area contributed by atoms with Crippen molar-refractivity contribution < 1.29 is 19.4 Å². The first-order valence-electron chi connectivity index (χ1n) is 5.99. The first-order chi connectivity index (χ1) is 9.58. The summed E-state index contributed by atoms with van der Waals surface area (Å²) in [7, 11) is 0. The summed E-state index contributed by atoms with van der Waals surface area (Å²) in [6, 6.07) is 10.8. The van der Waals surface area contributed by atoms with E-state index in [0.717, 1.165) is 10.8 Å². The molecule has 0 bridgehead atoms. The molecular formula is C15H11NO4. The number of aromatic hydroxyl groups is 1. The minimum atomic E-state index is -1.16. The first kappa shape index (κ1) is 12.2. The van der Waals surface area contributed by atoms with Gasteiger partial charge in [-0.25, -0.2) is 9.78 Å². The van der Waals surface area contributed by atoms with Gasteiger partial charge in [-0.1, -0.05) is 30.3 Å². The minimum Gasteiger partial charge on any atom is -0.507 e. The van der Waals surface area contributed by atoms with Crippen LogP contribution < -0.4 is 0 Å². The molecule has 20 heavy (non-hydrogen) atoms. The molecule has 0 radical (unpaired) electrons. The standard InChI is InChI=1S/C15H11NO4/c1-8-13(15(18)19)16-14(20-8)12-10-5-3-2-4-9(10)6-7-11(12)17/h2-7,17H,1H3,(H,18,19). The smallest absolute Gasteiger partial charge is 0.358 e. The Morgan fingerprint density at radius 2 is 1.95 bits per heavy atom. The summed E-state index contributed by atoms with van der Waals surface area (Å²) in [5.74, 6) is -0.840. The van der Waals surface area contributed by atoms with E-state index in [-0.39, 0.29) is 23.1 Å². The Morgan fingerprint density at radius 3 is 2.65 bits per heavy atom. The Balaban J connectivity index is 2.31. The van der Waals surface area contributed by atoms with E-state index in [9.17, 15) is 9.90 Å². The number of fused-ring (bicyclic) bond motifs is 1. The predicted octanol–water partition coefficient (Wildman–Crippen LogP) is 3.21. The van der Waals surface area contributed by atoms with Crippen molar-refractivity contribution in [3.8, 4) is 17.2 Å². The highest BCUT2D eigenvalue weighted by Crippen LogP contribution is 2.36. The fourth-order valence-electron chi connectivity index (χ4n) is 2.19. The molecule has 3 rings (SSSR count). The van der Waals surface area contributed by atoms with Gasteiger partial charge in [0.2, 0.25) is 5.89 Å². The molecule has 0 aliphatic carbocycles. The van der Waals surface area contributed by atoms with Crippen molar-refractivity contribution in [1.82, 2.24) is 4.98 Å². The fraction of sp³-hybridized carbons (Fsp3) is 0.0667. The summed E-state index contributed by atoms with van der Waals surface area (Å²) in [5.41, 5.74) is 0.256. The molecule has 0 amide bonds. The average molecular weight is 269 g/mol. The van der Waals surface area contributed by atoms with E-state index in [4.69, 9.17) is 9.52 Å². The highest BCUT2D eigenvalue weighted by Gasteiger charge is 2.20. The van der Waals surface area contributed by atoms with Gasteiger partial charge >= 0.3 is 5.97 Å². The van der Waals surface area contributed by atoms with Crippen molar-refractivity contribution in [2.75, 3.05) is 0 Å². The van der Waals surface area contributed by atoms with Crippen LogP contribution in [0.15, 0.2) is 40.8 Å². The van der Waals surface area contributed by atoms with Gasteiger partial charge in [0.15, 0.2) is 5.69 Å². The van der Waals surface area contributed by atoms with Crippen molar-refractivity contribution in [2.24, 2.45) is 0 Å². The van der Waals surface area contributed by atoms with Crippen molar-refractivity contribution in [3.63, 3.8) is 0 Å². The van der Waals surface area contributed by atoms with Crippen LogP contribution >= 0.6 is 0 Å². The van der Waals surface area contributed by atoms with Crippen LogP contribution in [0.3, 0.4) is 0 Å². The molecule has 3 aromatic rings. The van der Waals surface area contributed by atoms with E-state index >= 15 is 0 Å². The van der Waals surface area contributed by atoms with Crippen LogP contribution in [0.5, 0.6) is 5.75 Å². The highest BCUT2D eigenvalue weighted by molar-refractivity contribution is 5.98. The van der Waals surface area contributed by atoms with Gasteiger partial charge in [-0.15, -0.1) is 0 Å². The van der Waals surface area contributed by atoms with Gasteiger partial charge in [-0.3, -0.25) is 0 Å². The summed E-state index contributed by atoms with van der Waals surface area (Å²) >= 11 is 0. The average Bonchev–Trinajstić information content (AvgIpc) is 2.80. The molecule has 5 nitrogen and oxygen atoms in total. The number of carbonyl (C=O) groups is 1. The van der Waals surface area contributed by atoms with Crippen molar-refractivity contribution in [3.05, 3.63) is 47.9 Å². The van der Waals surface area contributed by atoms with Gasteiger partial charge in [0.25, 0.3) is 0 Å². The molecule has 0 aliphatic rings. The summed E-state index contributed by atoms with van der Waals surface area (Å²) in [6.07, 6.45) is 0. The number of nitrogens with zero attached hydrogens (tertiary/aromatic N) is 1. The Bertz CT molecular complexity index is 820. The maximum atomic E-state index is 11.0. The maximum Gasteiger partial charge on any atom is 0.358 e. The second-order valence-corrected chi connectivity index (χ2v) is 4.41. The summed E-state index contributed by atoms with van der Waals surface area (Å²) in [5, 5.41) is 20.7. The number of carboxylic acid groups (broad SMARTS) is 1. The van der Waals surface area contributed by atoms with Crippen molar-refractivity contribution >= 4 is 16.7 Å². The lowest BCUT2D eigenvalue weighted by Gasteiger charge is -2.05. The lowest BCUT2D eigenvalue weighted by molar-refractivity contribution is 0.0689. The van der Waals surface area contributed by atoms with Gasteiger partial charge in [0, 0.05) is 0 Å². The monoisotopic (exact) mass is 269 g/mol. The van der Waals surface area contributed by atoms with E-state index in [2.05, 4.69) is 4.98 Å². The van der Waals surface area contributed by atoms with Crippen LogP contribution in [0, 0.1) is 6.92 Å². The molecule has 0 atom stereocenters. The number of aryl methyl sites for hydroxylation is 1. The maximum absolute atomic E-state index is 11.0. The Morgan fingerprint density at radius 1 is 1.20 bits per heavy atom.